The Bertz CT molecular complexity index is 6110. The summed E-state index contributed by atoms with van der Waals surface area (Å²) in [5, 5.41) is 0. The van der Waals surface area contributed by atoms with Crippen LogP contribution in [-0.4, -0.2) is 36.7 Å². The molecule has 147 heavy (non-hydrogen) atoms. The number of halogens is 40. The largest absolute Gasteiger partial charge is 0.491 e. The van der Waals surface area contributed by atoms with Gasteiger partial charge in [-0.25, -0.2) is 176 Å². The van der Waals surface area contributed by atoms with Crippen LogP contribution in [0.5, 0.6) is 23.0 Å². The summed E-state index contributed by atoms with van der Waals surface area (Å²) in [6.07, 6.45) is -9.81. The smallest absolute Gasteiger partial charge is 0.221 e. The molecule has 0 saturated carbocycles. The van der Waals surface area contributed by atoms with Crippen molar-refractivity contribution < 1.29 is 195 Å². The van der Waals surface area contributed by atoms with Crippen molar-refractivity contribution in [2.24, 2.45) is 0 Å². The summed E-state index contributed by atoms with van der Waals surface area (Å²) < 4.78 is 618. The molecule has 0 aliphatic carbocycles. The van der Waals surface area contributed by atoms with Gasteiger partial charge in [-0.2, -0.15) is 0 Å². The molecule has 51 heteroatoms. The summed E-state index contributed by atoms with van der Waals surface area (Å²) in [6, 6.07) is 44.0. The predicted molar refractivity (Wildman–Crippen MR) is 463 cm³/mol. The van der Waals surface area contributed by atoms with Gasteiger partial charge in [0.15, 0.2) is 159 Å². The second-order valence-corrected chi connectivity index (χ2v) is 40.0. The van der Waals surface area contributed by atoms with E-state index in [2.05, 4.69) is 177 Å². The first-order valence-corrected chi connectivity index (χ1v) is 46.9. The highest BCUT2D eigenvalue weighted by Crippen LogP contribution is 2.47. The minimum atomic E-state index is -7.22. The average molecular weight is 2220 g/mol. The van der Waals surface area contributed by atoms with Crippen molar-refractivity contribution in [3.63, 3.8) is 0 Å². The van der Waals surface area contributed by atoms with E-state index < -0.39 is 289 Å². The molecule has 4 atom stereocenters. The number of hydrogen-bond acceptors (Lipinski definition) is 7. The van der Waals surface area contributed by atoms with E-state index in [4.69, 9.17) is 18.9 Å². The van der Waals surface area contributed by atoms with Gasteiger partial charge in [0.2, 0.25) is 8.42 Å². The van der Waals surface area contributed by atoms with E-state index in [-0.39, 0.29) is 46.2 Å². The Kier molecular flexibility index (Phi) is 34.7. The molecule has 4 unspecified atom stereocenters. The van der Waals surface area contributed by atoms with Crippen molar-refractivity contribution in [1.29, 1.82) is 0 Å². The average Bonchev–Trinajstić information content (AvgIpc) is 0.935. The molecule has 0 fully saturated rings. The van der Waals surface area contributed by atoms with Crippen LogP contribution in [0.3, 0.4) is 0 Å². The summed E-state index contributed by atoms with van der Waals surface area (Å²) in [5.74, 6) is -139. The quantitative estimate of drug-likeness (QED) is 0.0161. The van der Waals surface area contributed by atoms with Gasteiger partial charge in [0.25, 0.3) is 0 Å². The molecular formula is C96H56B2F40O4S5. The lowest BCUT2D eigenvalue weighted by atomic mass is 9.12. The van der Waals surface area contributed by atoms with Gasteiger partial charge in [0.1, 0.15) is 150 Å². The molecule has 2 aromatic heterocycles. The molecule has 0 N–H and O–H groups in total. The molecule has 14 rings (SSSR count). The van der Waals surface area contributed by atoms with Gasteiger partial charge in [-0.05, 0) is 163 Å². The van der Waals surface area contributed by atoms with Gasteiger partial charge < -0.3 is 18.9 Å². The highest BCUT2D eigenvalue weighted by atomic mass is 32.2. The maximum atomic E-state index is 15.4. The minimum Gasteiger partial charge on any atom is -0.491 e. The van der Waals surface area contributed by atoms with Crippen LogP contribution in [0.1, 0.15) is 81.1 Å². The van der Waals surface area contributed by atoms with Crippen molar-refractivity contribution in [3.8, 4) is 23.0 Å². The third-order valence-corrected chi connectivity index (χ3v) is 31.6. The number of benzene rings is 12. The van der Waals surface area contributed by atoms with Crippen molar-refractivity contribution in [3.05, 3.63) is 354 Å². The Morgan fingerprint density at radius 3 is 0.435 bits per heavy atom. The number of rotatable bonds is 28. The van der Waals surface area contributed by atoms with Gasteiger partial charge in [-0.1, -0.05) is 62.1 Å². The fraction of sp³-hybridized carbons (Fsp3) is 0.167. The molecule has 4 nitrogen and oxygen atoms in total. The van der Waals surface area contributed by atoms with Crippen molar-refractivity contribution in [2.45, 2.75) is 142 Å². The predicted octanol–water partition coefficient (Wildman–Crippen LogP) is 26.6. The second kappa shape index (κ2) is 45.0. The maximum absolute atomic E-state index is 15.4. The van der Waals surface area contributed by atoms with E-state index in [1.165, 1.54) is 36.4 Å². The first kappa shape index (κ1) is 113. The highest BCUT2D eigenvalue weighted by molar-refractivity contribution is 8.04. The molecule has 0 spiro atoms. The van der Waals surface area contributed by atoms with E-state index in [0.29, 0.717) is 0 Å². The Morgan fingerprint density at radius 2 is 0.313 bits per heavy atom. The van der Waals surface area contributed by atoms with Crippen LogP contribution in [0.15, 0.2) is 158 Å². The van der Waals surface area contributed by atoms with Gasteiger partial charge in [-0.3, -0.25) is 0 Å². The monoisotopic (exact) mass is 2210 g/mol. The normalized spacial score (nSPS) is 13.0. The molecule has 0 aliphatic rings. The van der Waals surface area contributed by atoms with E-state index >= 15 is 70.2 Å². The molecule has 0 aliphatic heterocycles. The third-order valence-electron chi connectivity index (χ3n) is 23.0. The van der Waals surface area contributed by atoms with Crippen molar-refractivity contribution >= 4 is 112 Å². The third kappa shape index (κ3) is 20.3. The Balaban J connectivity index is 0.000000198. The summed E-state index contributed by atoms with van der Waals surface area (Å²) in [5.41, 5.74) is -28.7. The molecule has 0 saturated heterocycles. The van der Waals surface area contributed by atoms with Crippen LogP contribution < -0.4 is 62.6 Å². The Morgan fingerprint density at radius 1 is 0.190 bits per heavy atom. The second-order valence-electron chi connectivity index (χ2n) is 31.7. The van der Waals surface area contributed by atoms with E-state index in [9.17, 15) is 105 Å². The fourth-order valence-corrected chi connectivity index (χ4v) is 24.6. The lowest BCUT2D eigenvalue weighted by molar-refractivity contribution is 0.217. The summed E-state index contributed by atoms with van der Waals surface area (Å²) in [7, 11) is -0.569. The molecule has 12 aromatic carbocycles. The van der Waals surface area contributed by atoms with Crippen LogP contribution in [0.4, 0.5) is 176 Å². The zero-order chi connectivity index (χ0) is 109. The number of thiophene rings is 2. The van der Waals surface area contributed by atoms with E-state index in [1.54, 1.807) is 0 Å². The van der Waals surface area contributed by atoms with Crippen LogP contribution in [-0.2, 0) is 21.8 Å². The first-order valence-electron chi connectivity index (χ1n) is 42.0. The topological polar surface area (TPSA) is 36.9 Å². The standard InChI is InChI=1S/C48H56O4S5.2C24BF20/c1-9-33(5)49-37-13-21-41(22-14-37)56(42-23-15-38(16-24-42)50-34(6)10-2)47-31-29-45(54-47)53-46-30-32-48(55-46)57(43-25-17-39(18-26-43)51-35(7)11-3)44-27-19-40(20-28-44)52-36(8)12-4;2*26-5-1(6(27)14(35)21(42)13(5)34)25(2-7(28)15(36)22(43)16(37)8(2)29,3-9(30)17(38)23(44)18(39)10(3)31)4-11(32)19(40)24(45)20(41)12(4)33/h13-36H,9-12H2,1-8H3;;/q+2;2*-1. The number of ether oxygens (including phenoxy) is 4. The van der Waals surface area contributed by atoms with Gasteiger partial charge >= 0.3 is 0 Å². The molecule has 0 amide bonds. The Hall–Kier alpha value is -12.4. The zero-order valence-electron chi connectivity index (χ0n) is 74.6. The van der Waals surface area contributed by atoms with Gasteiger partial charge in [0.05, 0.1) is 32.8 Å². The van der Waals surface area contributed by atoms with Crippen molar-refractivity contribution in [1.82, 2.24) is 0 Å². The maximum Gasteiger partial charge on any atom is 0.221 e. The molecule has 14 aromatic rings. The van der Waals surface area contributed by atoms with Crippen LogP contribution in [0.25, 0.3) is 0 Å². The van der Waals surface area contributed by atoms with E-state index in [1.807, 2.05) is 34.4 Å². The lowest BCUT2D eigenvalue weighted by Gasteiger charge is -2.44. The molecule has 780 valence electrons. The summed E-state index contributed by atoms with van der Waals surface area (Å²) in [6.45, 7) is 17.1. The van der Waals surface area contributed by atoms with Gasteiger partial charge in [-0.15, -0.1) is 43.7 Å². The van der Waals surface area contributed by atoms with Crippen LogP contribution in [0.2, 0.25) is 0 Å². The van der Waals surface area contributed by atoms with Crippen LogP contribution >= 0.6 is 34.4 Å². The highest BCUT2D eigenvalue weighted by Gasteiger charge is 2.56. The van der Waals surface area contributed by atoms with Crippen molar-refractivity contribution in [2.75, 3.05) is 0 Å². The van der Waals surface area contributed by atoms with Crippen LogP contribution in [0, 0.1) is 233 Å². The Labute approximate surface area is 821 Å². The first-order chi connectivity index (χ1) is 69.1. The fourth-order valence-electron chi connectivity index (χ4n) is 15.4. The summed E-state index contributed by atoms with van der Waals surface area (Å²) >= 11 is 5.62. The molecule has 2 heterocycles. The SMILES string of the molecule is CCC(C)Oc1ccc([S+](c2ccc(OC(C)CC)cc2)c2ccc(Sc3ccc([S+](c4ccc(OC(C)CC)cc4)c4ccc(OC(C)CC)cc4)s3)s2)cc1.Fc1c(F)c(F)c([B-](c2c(F)c(F)c(F)c(F)c2F)(c2c(F)c(F)c(F)c(F)c2F)c2c(F)c(F)c(F)c(F)c2F)c(F)c1F.Fc1c(F)c(F)c([B-](c2c(F)c(F)c(F)c(F)c2F)(c2c(F)c(F)c(F)c(F)c2F)c2c(F)c(F)c(F)c(F)c2F)c(F)c1F. The van der Waals surface area contributed by atoms with Gasteiger partial charge in [0, 0.05) is 12.1 Å². The molecule has 0 bridgehead atoms. The zero-order valence-corrected chi connectivity index (χ0v) is 78.7. The molecular weight excluding hydrogens is 2160 g/mol. The lowest BCUT2D eigenvalue weighted by Crippen LogP contribution is -2.81. The number of hydrogen-bond donors (Lipinski definition) is 0. The van der Waals surface area contributed by atoms with E-state index in [0.717, 1.165) is 48.7 Å². The minimum absolute atomic E-state index is 0.182. The summed E-state index contributed by atoms with van der Waals surface area (Å²) in [4.78, 5) is 5.07. The molecule has 0 radical (unpaired) electrons.